The van der Waals surface area contributed by atoms with E-state index < -0.39 is 44.6 Å². The molecule has 0 spiro atoms. The molecule has 0 bridgehead atoms. The average molecular weight is 298 g/mol. The lowest BCUT2D eigenvalue weighted by molar-refractivity contribution is -0.134. The Morgan fingerprint density at radius 3 is 2.53 bits per heavy atom. The zero-order valence-corrected chi connectivity index (χ0v) is 10.6. The molecule has 9 nitrogen and oxygen atoms in total. The first kappa shape index (κ1) is 16.3. The summed E-state index contributed by atoms with van der Waals surface area (Å²) in [5.74, 6) is -2.50. The van der Waals surface area contributed by atoms with Crippen LogP contribution in [0.15, 0.2) is 11.6 Å². The van der Waals surface area contributed by atoms with Gasteiger partial charge in [0, 0.05) is 17.9 Å². The standard InChI is InChI=1S/C9H15O9P/c10-6-2-4(9(13)14)1-5(8(6)12)7(11)3-18-19(15,16)17/h1,5-8,10-12H,2-3H2,(H,13,14)(H2,15,16,17)/t5-,6-,7-,8+/m1/s1. The van der Waals surface area contributed by atoms with E-state index in [2.05, 4.69) is 4.52 Å². The maximum atomic E-state index is 10.8. The van der Waals surface area contributed by atoms with Gasteiger partial charge in [-0.15, -0.1) is 0 Å². The molecule has 110 valence electrons. The maximum Gasteiger partial charge on any atom is 0.469 e. The van der Waals surface area contributed by atoms with Crippen molar-refractivity contribution < 1.29 is 44.1 Å². The van der Waals surface area contributed by atoms with Gasteiger partial charge in [0.1, 0.15) is 0 Å². The van der Waals surface area contributed by atoms with Gasteiger partial charge in [0.2, 0.25) is 0 Å². The Balaban J connectivity index is 2.80. The highest BCUT2D eigenvalue weighted by molar-refractivity contribution is 7.46. The Hall–Kier alpha value is -0.800. The fourth-order valence-corrected chi connectivity index (χ4v) is 2.13. The van der Waals surface area contributed by atoms with Gasteiger partial charge in [-0.2, -0.15) is 0 Å². The minimum atomic E-state index is -4.78. The summed E-state index contributed by atoms with van der Waals surface area (Å²) in [5.41, 5.74) is -0.196. The lowest BCUT2D eigenvalue weighted by Crippen LogP contribution is -2.44. The minimum Gasteiger partial charge on any atom is -0.478 e. The molecule has 0 heterocycles. The largest absolute Gasteiger partial charge is 0.478 e. The second-order valence-electron chi connectivity index (χ2n) is 4.19. The van der Waals surface area contributed by atoms with Gasteiger partial charge >= 0.3 is 13.8 Å². The van der Waals surface area contributed by atoms with Crippen LogP contribution < -0.4 is 0 Å². The molecule has 4 atom stereocenters. The molecule has 0 unspecified atom stereocenters. The quantitative estimate of drug-likeness (QED) is 0.321. The number of carboxylic acid groups (broad SMARTS) is 1. The summed E-state index contributed by atoms with van der Waals surface area (Å²) < 4.78 is 14.5. The Morgan fingerprint density at radius 2 is 2.05 bits per heavy atom. The molecule has 0 fully saturated rings. The first-order chi connectivity index (χ1) is 8.61. The number of hydrogen-bond donors (Lipinski definition) is 6. The van der Waals surface area contributed by atoms with Crippen molar-refractivity contribution in [3.8, 4) is 0 Å². The monoisotopic (exact) mass is 298 g/mol. The van der Waals surface area contributed by atoms with Crippen molar-refractivity contribution in [2.75, 3.05) is 6.61 Å². The third-order valence-electron chi connectivity index (χ3n) is 2.74. The topological polar surface area (TPSA) is 165 Å². The third-order valence-corrected chi connectivity index (χ3v) is 3.23. The van der Waals surface area contributed by atoms with E-state index in [1.54, 1.807) is 0 Å². The van der Waals surface area contributed by atoms with E-state index in [4.69, 9.17) is 14.9 Å². The van der Waals surface area contributed by atoms with E-state index in [0.717, 1.165) is 6.08 Å². The third kappa shape index (κ3) is 4.66. The van der Waals surface area contributed by atoms with Crippen molar-refractivity contribution in [3.63, 3.8) is 0 Å². The molecule has 0 radical (unpaired) electrons. The molecule has 0 saturated heterocycles. The molecule has 19 heavy (non-hydrogen) atoms. The van der Waals surface area contributed by atoms with Gasteiger partial charge in [-0.1, -0.05) is 6.08 Å². The number of aliphatic hydroxyl groups is 3. The van der Waals surface area contributed by atoms with Gasteiger partial charge in [0.15, 0.2) is 0 Å². The van der Waals surface area contributed by atoms with Crippen LogP contribution in [0.3, 0.4) is 0 Å². The first-order valence-electron chi connectivity index (χ1n) is 5.30. The van der Waals surface area contributed by atoms with Crippen molar-refractivity contribution in [3.05, 3.63) is 11.6 Å². The smallest absolute Gasteiger partial charge is 0.469 e. The second kappa shape index (κ2) is 6.10. The molecule has 0 aromatic carbocycles. The van der Waals surface area contributed by atoms with Gasteiger partial charge in [-0.25, -0.2) is 9.36 Å². The molecule has 1 rings (SSSR count). The lowest BCUT2D eigenvalue weighted by atomic mass is 9.82. The number of aliphatic hydroxyl groups excluding tert-OH is 3. The van der Waals surface area contributed by atoms with E-state index in [0.29, 0.717) is 0 Å². The highest BCUT2D eigenvalue weighted by atomic mass is 31.2. The predicted molar refractivity (Wildman–Crippen MR) is 59.8 cm³/mol. The van der Waals surface area contributed by atoms with Crippen LogP contribution in [0, 0.1) is 5.92 Å². The summed E-state index contributed by atoms with van der Waals surface area (Å²) in [6.07, 6.45) is -3.62. The van der Waals surface area contributed by atoms with Crippen LogP contribution >= 0.6 is 7.82 Å². The lowest BCUT2D eigenvalue weighted by Gasteiger charge is -2.32. The molecular weight excluding hydrogens is 283 g/mol. The molecule has 0 amide bonds. The SMILES string of the molecule is O=C(O)C1=C[C@H]([C@H](O)COP(=O)(O)O)[C@H](O)[C@H](O)C1. The van der Waals surface area contributed by atoms with E-state index in [1.165, 1.54) is 0 Å². The molecular formula is C9H15O9P. The number of aliphatic carboxylic acids is 1. The van der Waals surface area contributed by atoms with Crippen molar-refractivity contribution in [2.24, 2.45) is 5.92 Å². The number of carboxylic acids is 1. The summed E-state index contributed by atoms with van der Waals surface area (Å²) >= 11 is 0. The van der Waals surface area contributed by atoms with Crippen LogP contribution in [0.4, 0.5) is 0 Å². The summed E-state index contributed by atoms with van der Waals surface area (Å²) in [6.45, 7) is -0.803. The molecule has 0 aromatic heterocycles. The maximum absolute atomic E-state index is 10.8. The number of phosphoric acid groups is 1. The molecule has 6 N–H and O–H groups in total. The normalized spacial score (nSPS) is 29.7. The van der Waals surface area contributed by atoms with Crippen molar-refractivity contribution in [1.82, 2.24) is 0 Å². The van der Waals surface area contributed by atoms with Crippen molar-refractivity contribution in [1.29, 1.82) is 0 Å². The summed E-state index contributed by atoms with van der Waals surface area (Å²) in [5, 5.41) is 37.6. The number of rotatable bonds is 5. The van der Waals surface area contributed by atoms with Gasteiger partial charge in [0.05, 0.1) is 24.9 Å². The molecule has 1 aliphatic carbocycles. The zero-order valence-electron chi connectivity index (χ0n) is 9.66. The van der Waals surface area contributed by atoms with Crippen LogP contribution in [0.2, 0.25) is 0 Å². The van der Waals surface area contributed by atoms with Gasteiger partial charge < -0.3 is 30.2 Å². The highest BCUT2D eigenvalue weighted by Crippen LogP contribution is 2.37. The second-order valence-corrected chi connectivity index (χ2v) is 5.43. The Labute approximate surface area is 108 Å². The van der Waals surface area contributed by atoms with Crippen LogP contribution in [0.1, 0.15) is 6.42 Å². The van der Waals surface area contributed by atoms with Gasteiger partial charge in [-0.05, 0) is 0 Å². The van der Waals surface area contributed by atoms with E-state index in [1.807, 2.05) is 0 Å². The Morgan fingerprint density at radius 1 is 1.47 bits per heavy atom. The predicted octanol–water partition coefficient (Wildman–Crippen LogP) is -1.79. The summed E-state index contributed by atoms with van der Waals surface area (Å²) in [4.78, 5) is 27.8. The minimum absolute atomic E-state index is 0.196. The van der Waals surface area contributed by atoms with Crippen molar-refractivity contribution in [2.45, 2.75) is 24.7 Å². The molecule has 1 aliphatic rings. The van der Waals surface area contributed by atoms with Crippen LogP contribution in [-0.2, 0) is 13.9 Å². The highest BCUT2D eigenvalue weighted by Gasteiger charge is 2.37. The first-order valence-corrected chi connectivity index (χ1v) is 6.83. The summed E-state index contributed by atoms with van der Waals surface area (Å²) in [7, 11) is -4.78. The molecule has 0 saturated carbocycles. The number of carbonyl (C=O) groups is 1. The average Bonchev–Trinajstić information content (AvgIpc) is 2.28. The number of hydrogen-bond acceptors (Lipinski definition) is 6. The van der Waals surface area contributed by atoms with Crippen LogP contribution in [-0.4, -0.2) is 61.1 Å². The Kier molecular flexibility index (Phi) is 5.22. The molecule has 10 heteroatoms. The summed E-state index contributed by atoms with van der Waals surface area (Å²) in [6, 6.07) is 0. The van der Waals surface area contributed by atoms with Crippen molar-refractivity contribution >= 4 is 13.8 Å². The van der Waals surface area contributed by atoms with Gasteiger partial charge in [0.25, 0.3) is 0 Å². The van der Waals surface area contributed by atoms with Crippen LogP contribution in [0.25, 0.3) is 0 Å². The molecule has 0 aromatic rings. The number of phosphoric ester groups is 1. The van der Waals surface area contributed by atoms with Gasteiger partial charge in [-0.3, -0.25) is 4.52 Å². The van der Waals surface area contributed by atoms with E-state index in [-0.39, 0.29) is 12.0 Å². The fourth-order valence-electron chi connectivity index (χ4n) is 1.78. The zero-order chi connectivity index (χ0) is 14.8. The molecule has 0 aliphatic heterocycles. The van der Waals surface area contributed by atoms with E-state index in [9.17, 15) is 24.7 Å². The fraction of sp³-hybridized carbons (Fsp3) is 0.667. The Bertz CT molecular complexity index is 414. The van der Waals surface area contributed by atoms with Crippen LogP contribution in [0.5, 0.6) is 0 Å². The van der Waals surface area contributed by atoms with E-state index >= 15 is 0 Å².